The summed E-state index contributed by atoms with van der Waals surface area (Å²) in [6.45, 7) is 3.49. The number of carbonyl (C=O) groups excluding carboxylic acids is 2. The number of ether oxygens (including phenoxy) is 1. The van der Waals surface area contributed by atoms with Gasteiger partial charge in [0.15, 0.2) is 5.13 Å². The highest BCUT2D eigenvalue weighted by Crippen LogP contribution is 2.32. The number of nitrogens with zero attached hydrogens (tertiary/aromatic N) is 1. The summed E-state index contributed by atoms with van der Waals surface area (Å²) in [4.78, 5) is 28.5. The molecule has 1 aromatic heterocycles. The van der Waals surface area contributed by atoms with E-state index < -0.39 is 5.41 Å². The van der Waals surface area contributed by atoms with E-state index in [1.807, 2.05) is 29.6 Å². The summed E-state index contributed by atoms with van der Waals surface area (Å²) in [5, 5.41) is 11.5. The Morgan fingerprint density at radius 3 is 2.56 bits per heavy atom. The number of aromatic nitrogens is 1. The van der Waals surface area contributed by atoms with Crippen molar-refractivity contribution < 1.29 is 14.3 Å². The number of methoxy groups -OCH3 is 1. The van der Waals surface area contributed by atoms with Gasteiger partial charge in [-0.05, 0) is 38.1 Å². The van der Waals surface area contributed by atoms with Crippen LogP contribution in [0.3, 0.4) is 0 Å². The van der Waals surface area contributed by atoms with E-state index in [2.05, 4.69) is 20.9 Å². The average Bonchev–Trinajstić information content (AvgIpc) is 3.11. The lowest BCUT2D eigenvalue weighted by Gasteiger charge is -2.35. The van der Waals surface area contributed by atoms with Crippen LogP contribution < -0.4 is 16.0 Å². The molecule has 0 bridgehead atoms. The molecule has 3 rings (SSSR count). The van der Waals surface area contributed by atoms with Crippen molar-refractivity contribution in [1.29, 1.82) is 0 Å². The number of thiazole rings is 1. The van der Waals surface area contributed by atoms with Crippen LogP contribution >= 0.6 is 11.3 Å². The second-order valence-electron chi connectivity index (χ2n) is 6.71. The van der Waals surface area contributed by atoms with Gasteiger partial charge in [0, 0.05) is 30.7 Å². The van der Waals surface area contributed by atoms with Gasteiger partial charge in [-0.2, -0.15) is 0 Å². The Bertz CT molecular complexity index is 792. The Morgan fingerprint density at radius 1 is 1.22 bits per heavy atom. The number of rotatable bonds is 6. The summed E-state index contributed by atoms with van der Waals surface area (Å²) in [6, 6.07) is 7.45. The SMILES string of the molecule is COCC1(C(=O)Nc2nc(-c3ccc(NC(C)=O)cc3)cs2)CCNCC1. The number of hydrogen-bond donors (Lipinski definition) is 3. The highest BCUT2D eigenvalue weighted by Gasteiger charge is 2.40. The second-order valence-corrected chi connectivity index (χ2v) is 7.57. The number of amides is 2. The molecule has 1 aromatic carbocycles. The van der Waals surface area contributed by atoms with Gasteiger partial charge in [0.25, 0.3) is 0 Å². The molecule has 0 unspecified atom stereocenters. The van der Waals surface area contributed by atoms with Gasteiger partial charge in [-0.1, -0.05) is 12.1 Å². The van der Waals surface area contributed by atoms with Crippen molar-refractivity contribution in [2.24, 2.45) is 5.41 Å². The van der Waals surface area contributed by atoms with Crippen LogP contribution in [-0.2, 0) is 14.3 Å². The first-order valence-corrected chi connectivity index (χ1v) is 9.75. The summed E-state index contributed by atoms with van der Waals surface area (Å²) in [5.41, 5.74) is 1.94. The molecule has 2 heterocycles. The zero-order valence-corrected chi connectivity index (χ0v) is 16.3. The zero-order valence-electron chi connectivity index (χ0n) is 15.5. The van der Waals surface area contributed by atoms with Gasteiger partial charge in [-0.3, -0.25) is 9.59 Å². The van der Waals surface area contributed by atoms with Gasteiger partial charge in [0.1, 0.15) is 0 Å². The monoisotopic (exact) mass is 388 g/mol. The quantitative estimate of drug-likeness (QED) is 0.708. The maximum absolute atomic E-state index is 12.9. The van der Waals surface area contributed by atoms with Gasteiger partial charge >= 0.3 is 0 Å². The van der Waals surface area contributed by atoms with Gasteiger partial charge in [0.05, 0.1) is 17.7 Å². The van der Waals surface area contributed by atoms with Crippen LogP contribution in [-0.4, -0.2) is 43.6 Å². The number of nitrogens with one attached hydrogen (secondary N) is 3. The van der Waals surface area contributed by atoms with E-state index in [0.29, 0.717) is 11.7 Å². The maximum atomic E-state index is 12.9. The molecule has 1 saturated heterocycles. The molecule has 0 aliphatic carbocycles. The summed E-state index contributed by atoms with van der Waals surface area (Å²) in [5.74, 6) is -0.142. The molecule has 1 aliphatic rings. The Morgan fingerprint density at radius 2 is 1.93 bits per heavy atom. The topological polar surface area (TPSA) is 92.3 Å². The minimum Gasteiger partial charge on any atom is -0.384 e. The molecule has 0 radical (unpaired) electrons. The Labute approximate surface area is 162 Å². The fraction of sp³-hybridized carbons (Fsp3) is 0.421. The summed E-state index contributed by atoms with van der Waals surface area (Å²) in [7, 11) is 1.63. The molecule has 27 heavy (non-hydrogen) atoms. The van der Waals surface area contributed by atoms with E-state index in [1.165, 1.54) is 18.3 Å². The lowest BCUT2D eigenvalue weighted by atomic mass is 9.79. The Balaban J connectivity index is 1.70. The molecule has 2 amide bonds. The summed E-state index contributed by atoms with van der Waals surface area (Å²) < 4.78 is 5.32. The third kappa shape index (κ3) is 4.71. The normalized spacial score (nSPS) is 15.9. The van der Waals surface area contributed by atoms with Gasteiger partial charge < -0.3 is 20.7 Å². The molecule has 8 heteroatoms. The van der Waals surface area contributed by atoms with Crippen molar-refractivity contribution in [1.82, 2.24) is 10.3 Å². The predicted molar refractivity (Wildman–Crippen MR) is 107 cm³/mol. The van der Waals surface area contributed by atoms with Crippen LogP contribution in [0, 0.1) is 5.41 Å². The van der Waals surface area contributed by atoms with Crippen LogP contribution in [0.5, 0.6) is 0 Å². The minimum absolute atomic E-state index is 0.0345. The molecule has 144 valence electrons. The maximum Gasteiger partial charge on any atom is 0.234 e. The van der Waals surface area contributed by atoms with Crippen LogP contribution in [0.15, 0.2) is 29.6 Å². The first-order valence-electron chi connectivity index (χ1n) is 8.87. The fourth-order valence-corrected chi connectivity index (χ4v) is 3.95. The smallest absolute Gasteiger partial charge is 0.234 e. The third-order valence-corrected chi connectivity index (χ3v) is 5.45. The van der Waals surface area contributed by atoms with E-state index in [0.717, 1.165) is 42.9 Å². The summed E-state index contributed by atoms with van der Waals surface area (Å²) >= 11 is 1.40. The van der Waals surface area contributed by atoms with Gasteiger partial charge in [-0.25, -0.2) is 4.98 Å². The highest BCUT2D eigenvalue weighted by atomic mass is 32.1. The Kier molecular flexibility index (Phi) is 6.20. The molecule has 3 N–H and O–H groups in total. The van der Waals surface area contributed by atoms with Crippen molar-refractivity contribution in [2.75, 3.05) is 37.4 Å². The third-order valence-electron chi connectivity index (χ3n) is 4.69. The number of carbonyl (C=O) groups is 2. The van der Waals surface area contributed by atoms with E-state index in [9.17, 15) is 9.59 Å². The Hall–Kier alpha value is -2.29. The standard InChI is InChI=1S/C19H24N4O3S/c1-13(24)21-15-5-3-14(4-6-15)16-11-27-18(22-16)23-17(25)19(12-26-2)7-9-20-10-8-19/h3-6,11,20H,7-10,12H2,1-2H3,(H,21,24)(H,22,23,25). The highest BCUT2D eigenvalue weighted by molar-refractivity contribution is 7.14. The van der Waals surface area contributed by atoms with Crippen LogP contribution in [0.2, 0.25) is 0 Å². The molecule has 2 aromatic rings. The zero-order chi connectivity index (χ0) is 19.3. The van der Waals surface area contributed by atoms with E-state index in [-0.39, 0.29) is 11.8 Å². The van der Waals surface area contributed by atoms with Crippen LogP contribution in [0.25, 0.3) is 11.3 Å². The molecule has 0 atom stereocenters. The van der Waals surface area contributed by atoms with Gasteiger partial charge in [0.2, 0.25) is 11.8 Å². The molecule has 7 nitrogen and oxygen atoms in total. The lowest BCUT2D eigenvalue weighted by Crippen LogP contribution is -2.47. The van der Waals surface area contributed by atoms with Gasteiger partial charge in [-0.15, -0.1) is 11.3 Å². The molecule has 0 saturated carbocycles. The first kappa shape index (κ1) is 19.5. The van der Waals surface area contributed by atoms with E-state index in [1.54, 1.807) is 7.11 Å². The number of benzene rings is 1. The van der Waals surface area contributed by atoms with E-state index >= 15 is 0 Å². The summed E-state index contributed by atoms with van der Waals surface area (Å²) in [6.07, 6.45) is 1.49. The van der Waals surface area contributed by atoms with Crippen molar-refractivity contribution in [3.63, 3.8) is 0 Å². The molecular weight excluding hydrogens is 364 g/mol. The molecule has 1 aliphatic heterocycles. The number of anilines is 2. The van der Waals surface area contributed by atoms with Crippen molar-refractivity contribution in [3.05, 3.63) is 29.6 Å². The van der Waals surface area contributed by atoms with Crippen molar-refractivity contribution >= 4 is 34.0 Å². The second kappa shape index (κ2) is 8.60. The average molecular weight is 388 g/mol. The van der Waals surface area contributed by atoms with Crippen LogP contribution in [0.1, 0.15) is 19.8 Å². The molecule has 0 spiro atoms. The lowest BCUT2D eigenvalue weighted by molar-refractivity contribution is -0.130. The number of piperidine rings is 1. The van der Waals surface area contributed by atoms with Crippen molar-refractivity contribution in [3.8, 4) is 11.3 Å². The molecular formula is C19H24N4O3S. The largest absolute Gasteiger partial charge is 0.384 e. The number of hydrogen-bond acceptors (Lipinski definition) is 6. The predicted octanol–water partition coefficient (Wildman–Crippen LogP) is 2.72. The van der Waals surface area contributed by atoms with Crippen LogP contribution in [0.4, 0.5) is 10.8 Å². The van der Waals surface area contributed by atoms with E-state index in [4.69, 9.17) is 4.74 Å². The first-order chi connectivity index (χ1) is 13.0. The molecule has 1 fully saturated rings. The van der Waals surface area contributed by atoms with Crippen molar-refractivity contribution in [2.45, 2.75) is 19.8 Å². The minimum atomic E-state index is -0.508. The fourth-order valence-electron chi connectivity index (χ4n) is 3.24.